The lowest BCUT2D eigenvalue weighted by Crippen LogP contribution is -2.09. The van der Waals surface area contributed by atoms with E-state index in [1.165, 1.54) is 18.2 Å². The number of ether oxygens (including phenoxy) is 1. The van der Waals surface area contributed by atoms with Gasteiger partial charge in [-0.25, -0.2) is 13.2 Å². The third-order valence-electron chi connectivity index (χ3n) is 2.04. The SMILES string of the molecule is OC(CCOCC(F)F)c1ccccc1F. The van der Waals surface area contributed by atoms with E-state index in [9.17, 15) is 18.3 Å². The summed E-state index contributed by atoms with van der Waals surface area (Å²) in [4.78, 5) is 0. The van der Waals surface area contributed by atoms with Crippen LogP contribution in [0.15, 0.2) is 24.3 Å². The Balaban J connectivity index is 2.35. The lowest BCUT2D eigenvalue weighted by atomic mass is 10.1. The minimum Gasteiger partial charge on any atom is -0.388 e. The first-order chi connectivity index (χ1) is 7.61. The summed E-state index contributed by atoms with van der Waals surface area (Å²) in [6.07, 6.45) is -3.46. The highest BCUT2D eigenvalue weighted by atomic mass is 19.3. The molecular formula is C11H13F3O2. The molecule has 1 aromatic carbocycles. The molecule has 0 bridgehead atoms. The van der Waals surface area contributed by atoms with E-state index in [0.29, 0.717) is 0 Å². The second kappa shape index (κ2) is 6.50. The van der Waals surface area contributed by atoms with Crippen LogP contribution < -0.4 is 0 Å². The smallest absolute Gasteiger partial charge is 0.261 e. The van der Waals surface area contributed by atoms with Gasteiger partial charge in [0.1, 0.15) is 12.4 Å². The van der Waals surface area contributed by atoms with Crippen LogP contribution in [0.3, 0.4) is 0 Å². The Labute approximate surface area is 91.7 Å². The molecule has 1 unspecified atom stereocenters. The second-order valence-electron chi connectivity index (χ2n) is 3.29. The Morgan fingerprint density at radius 2 is 1.94 bits per heavy atom. The highest BCUT2D eigenvalue weighted by Crippen LogP contribution is 2.19. The van der Waals surface area contributed by atoms with Crippen molar-refractivity contribution in [3.8, 4) is 0 Å². The molecule has 1 aromatic rings. The number of alkyl halides is 2. The zero-order valence-corrected chi connectivity index (χ0v) is 8.57. The number of aliphatic hydroxyl groups excluding tert-OH is 1. The van der Waals surface area contributed by atoms with Crippen LogP contribution >= 0.6 is 0 Å². The third-order valence-corrected chi connectivity index (χ3v) is 2.04. The van der Waals surface area contributed by atoms with Crippen molar-refractivity contribution in [1.29, 1.82) is 0 Å². The highest BCUT2D eigenvalue weighted by molar-refractivity contribution is 5.19. The number of hydrogen-bond acceptors (Lipinski definition) is 2. The van der Waals surface area contributed by atoms with Gasteiger partial charge in [-0.2, -0.15) is 0 Å². The molecule has 0 saturated heterocycles. The molecular weight excluding hydrogens is 221 g/mol. The van der Waals surface area contributed by atoms with Crippen LogP contribution in [-0.2, 0) is 4.74 Å². The van der Waals surface area contributed by atoms with Gasteiger partial charge in [0, 0.05) is 18.6 Å². The zero-order chi connectivity index (χ0) is 12.0. The van der Waals surface area contributed by atoms with Crippen molar-refractivity contribution in [3.05, 3.63) is 35.6 Å². The molecule has 0 aliphatic rings. The van der Waals surface area contributed by atoms with Crippen molar-refractivity contribution in [2.75, 3.05) is 13.2 Å². The Kier molecular flexibility index (Phi) is 5.28. The van der Waals surface area contributed by atoms with E-state index in [2.05, 4.69) is 4.74 Å². The molecule has 1 N–H and O–H groups in total. The zero-order valence-electron chi connectivity index (χ0n) is 8.57. The lowest BCUT2D eigenvalue weighted by Gasteiger charge is -2.11. The molecule has 0 aliphatic heterocycles. The summed E-state index contributed by atoms with van der Waals surface area (Å²) >= 11 is 0. The summed E-state index contributed by atoms with van der Waals surface area (Å²) in [5.41, 5.74) is 0.156. The van der Waals surface area contributed by atoms with E-state index >= 15 is 0 Å². The van der Waals surface area contributed by atoms with Crippen LogP contribution in [0, 0.1) is 5.82 Å². The van der Waals surface area contributed by atoms with Crippen molar-refractivity contribution in [2.45, 2.75) is 19.0 Å². The van der Waals surface area contributed by atoms with Crippen LogP contribution in [0.2, 0.25) is 0 Å². The first-order valence-corrected chi connectivity index (χ1v) is 4.89. The minimum absolute atomic E-state index is 0.0279. The monoisotopic (exact) mass is 234 g/mol. The minimum atomic E-state index is -2.52. The van der Waals surface area contributed by atoms with E-state index < -0.39 is 25.0 Å². The Hall–Kier alpha value is -1.07. The molecule has 1 atom stereocenters. The summed E-state index contributed by atoms with van der Waals surface area (Å²) in [6.45, 7) is -0.691. The first-order valence-electron chi connectivity index (χ1n) is 4.89. The predicted molar refractivity (Wildman–Crippen MR) is 52.8 cm³/mol. The molecule has 0 amide bonds. The van der Waals surface area contributed by atoms with Crippen molar-refractivity contribution < 1.29 is 23.0 Å². The van der Waals surface area contributed by atoms with Crippen LogP contribution in [0.5, 0.6) is 0 Å². The highest BCUT2D eigenvalue weighted by Gasteiger charge is 2.12. The Bertz CT molecular complexity index is 318. The Morgan fingerprint density at radius 3 is 2.56 bits per heavy atom. The van der Waals surface area contributed by atoms with Crippen molar-refractivity contribution in [2.24, 2.45) is 0 Å². The van der Waals surface area contributed by atoms with Gasteiger partial charge in [0.15, 0.2) is 0 Å². The van der Waals surface area contributed by atoms with Gasteiger partial charge in [-0.1, -0.05) is 18.2 Å². The lowest BCUT2D eigenvalue weighted by molar-refractivity contribution is 0.00448. The van der Waals surface area contributed by atoms with Gasteiger partial charge < -0.3 is 9.84 Å². The molecule has 5 heteroatoms. The van der Waals surface area contributed by atoms with Crippen molar-refractivity contribution in [1.82, 2.24) is 0 Å². The van der Waals surface area contributed by atoms with E-state index in [1.54, 1.807) is 6.07 Å². The number of benzene rings is 1. The average Bonchev–Trinajstić information content (AvgIpc) is 2.24. The number of hydrogen-bond donors (Lipinski definition) is 1. The van der Waals surface area contributed by atoms with Gasteiger partial charge in [-0.15, -0.1) is 0 Å². The van der Waals surface area contributed by atoms with E-state index in [4.69, 9.17) is 0 Å². The first kappa shape index (κ1) is 13.0. The molecule has 0 aliphatic carbocycles. The average molecular weight is 234 g/mol. The van der Waals surface area contributed by atoms with Gasteiger partial charge in [-0.05, 0) is 6.07 Å². The maximum absolute atomic E-state index is 13.2. The molecule has 2 nitrogen and oxygen atoms in total. The summed E-state index contributed by atoms with van der Waals surface area (Å²) < 4.78 is 41.1. The van der Waals surface area contributed by atoms with Gasteiger partial charge in [-0.3, -0.25) is 0 Å². The van der Waals surface area contributed by atoms with E-state index in [-0.39, 0.29) is 18.6 Å². The maximum Gasteiger partial charge on any atom is 0.261 e. The summed E-state index contributed by atoms with van der Waals surface area (Å²) in [5.74, 6) is -0.510. The number of rotatable bonds is 6. The molecule has 0 fully saturated rings. The van der Waals surface area contributed by atoms with Gasteiger partial charge in [0.05, 0.1) is 6.10 Å². The fourth-order valence-electron chi connectivity index (χ4n) is 1.27. The molecule has 0 spiro atoms. The molecule has 1 rings (SSSR count). The van der Waals surface area contributed by atoms with Crippen LogP contribution in [0.1, 0.15) is 18.1 Å². The largest absolute Gasteiger partial charge is 0.388 e. The summed E-state index contributed by atoms with van der Waals surface area (Å²) in [5, 5.41) is 9.56. The van der Waals surface area contributed by atoms with Crippen LogP contribution in [0.4, 0.5) is 13.2 Å². The predicted octanol–water partition coefficient (Wildman–Crippen LogP) is 2.53. The molecule has 0 aromatic heterocycles. The number of aliphatic hydroxyl groups is 1. The fourth-order valence-corrected chi connectivity index (χ4v) is 1.27. The van der Waals surface area contributed by atoms with Crippen LogP contribution in [0.25, 0.3) is 0 Å². The summed E-state index contributed by atoms with van der Waals surface area (Å²) in [6, 6.07) is 5.80. The van der Waals surface area contributed by atoms with Gasteiger partial charge in [0.25, 0.3) is 6.43 Å². The quantitative estimate of drug-likeness (QED) is 0.766. The maximum atomic E-state index is 13.2. The van der Waals surface area contributed by atoms with Crippen LogP contribution in [-0.4, -0.2) is 24.7 Å². The van der Waals surface area contributed by atoms with Crippen molar-refractivity contribution in [3.63, 3.8) is 0 Å². The molecule has 0 saturated carbocycles. The van der Waals surface area contributed by atoms with Crippen molar-refractivity contribution >= 4 is 0 Å². The summed E-state index contributed by atoms with van der Waals surface area (Å²) in [7, 11) is 0. The van der Waals surface area contributed by atoms with Gasteiger partial charge >= 0.3 is 0 Å². The number of halogens is 3. The molecule has 90 valence electrons. The fraction of sp³-hybridized carbons (Fsp3) is 0.455. The molecule has 16 heavy (non-hydrogen) atoms. The second-order valence-corrected chi connectivity index (χ2v) is 3.29. The van der Waals surface area contributed by atoms with E-state index in [0.717, 1.165) is 0 Å². The normalized spacial score (nSPS) is 13.1. The topological polar surface area (TPSA) is 29.5 Å². The van der Waals surface area contributed by atoms with Gasteiger partial charge in [0.2, 0.25) is 0 Å². The third kappa shape index (κ3) is 4.20. The molecule has 0 radical (unpaired) electrons. The standard InChI is InChI=1S/C11H13F3O2/c12-9-4-2-1-3-8(9)10(15)5-6-16-7-11(13)14/h1-4,10-11,15H,5-7H2. The van der Waals surface area contributed by atoms with E-state index in [1.807, 2.05) is 0 Å². The Morgan fingerprint density at radius 1 is 1.25 bits per heavy atom. The molecule has 0 heterocycles.